The van der Waals surface area contributed by atoms with Crippen LogP contribution in [0.1, 0.15) is 34.5 Å². The number of benzene rings is 2. The van der Waals surface area contributed by atoms with Crippen LogP contribution in [0.4, 0.5) is 5.69 Å². The second kappa shape index (κ2) is 8.78. The van der Waals surface area contributed by atoms with Crippen LogP contribution in [-0.4, -0.2) is 36.4 Å². The fourth-order valence-electron chi connectivity index (χ4n) is 2.71. The molecule has 0 spiro atoms. The van der Waals surface area contributed by atoms with Gasteiger partial charge < -0.3 is 10.2 Å². The number of carbonyl (C=O) groups is 1. The van der Waals surface area contributed by atoms with Crippen molar-refractivity contribution in [3.05, 3.63) is 74.3 Å². The maximum atomic E-state index is 12.5. The Labute approximate surface area is 157 Å². The van der Waals surface area contributed by atoms with Crippen LogP contribution in [-0.2, 0) is 6.42 Å². The first-order chi connectivity index (χ1) is 12.3. The molecule has 0 aromatic heterocycles. The topological polar surface area (TPSA) is 75.5 Å². The lowest BCUT2D eigenvalue weighted by Gasteiger charge is -2.25. The summed E-state index contributed by atoms with van der Waals surface area (Å²) in [6.07, 6.45) is 0.962. The van der Waals surface area contributed by atoms with Gasteiger partial charge in [0.25, 0.3) is 11.6 Å². The maximum Gasteiger partial charge on any atom is 0.283 e. The summed E-state index contributed by atoms with van der Waals surface area (Å²) in [5, 5.41) is 14.2. The number of carbonyl (C=O) groups excluding carboxylic acids is 1. The predicted octanol–water partition coefficient (Wildman–Crippen LogP) is 3.84. The van der Waals surface area contributed by atoms with Gasteiger partial charge in [-0.25, -0.2) is 0 Å². The highest BCUT2D eigenvalue weighted by Gasteiger charge is 2.22. The predicted molar refractivity (Wildman–Crippen MR) is 103 cm³/mol. The Morgan fingerprint density at radius 2 is 1.88 bits per heavy atom. The van der Waals surface area contributed by atoms with Gasteiger partial charge >= 0.3 is 0 Å². The van der Waals surface area contributed by atoms with Crippen LogP contribution < -0.4 is 5.32 Å². The minimum atomic E-state index is -0.603. The van der Waals surface area contributed by atoms with E-state index < -0.39 is 10.8 Å². The van der Waals surface area contributed by atoms with Crippen molar-refractivity contribution in [2.24, 2.45) is 0 Å². The van der Waals surface area contributed by atoms with E-state index in [1.807, 2.05) is 31.1 Å². The average molecular weight is 376 g/mol. The molecule has 0 radical (unpaired) electrons. The molecular weight excluding hydrogens is 354 g/mol. The maximum absolute atomic E-state index is 12.5. The third-order valence-corrected chi connectivity index (χ3v) is 4.49. The van der Waals surface area contributed by atoms with Crippen molar-refractivity contribution >= 4 is 23.2 Å². The van der Waals surface area contributed by atoms with E-state index >= 15 is 0 Å². The summed E-state index contributed by atoms with van der Waals surface area (Å²) in [5.41, 5.74) is 2.01. The minimum Gasteiger partial charge on any atom is -0.350 e. The molecule has 0 heterocycles. The number of nitrogens with zero attached hydrogens (tertiary/aromatic N) is 2. The van der Waals surface area contributed by atoms with Crippen molar-refractivity contribution in [2.45, 2.75) is 19.4 Å². The lowest BCUT2D eigenvalue weighted by molar-refractivity contribution is -0.385. The Bertz CT molecular complexity index is 791. The highest BCUT2D eigenvalue weighted by molar-refractivity contribution is 6.31. The zero-order valence-corrected chi connectivity index (χ0v) is 15.8. The van der Waals surface area contributed by atoms with Crippen molar-refractivity contribution < 1.29 is 9.72 Å². The van der Waals surface area contributed by atoms with E-state index in [4.69, 9.17) is 11.6 Å². The first kappa shape index (κ1) is 19.9. The molecule has 2 aromatic rings. The van der Waals surface area contributed by atoms with Gasteiger partial charge in [-0.05, 0) is 43.8 Å². The molecule has 2 rings (SSSR count). The number of aryl methyl sites for hydroxylation is 1. The molecule has 0 aliphatic rings. The Balaban J connectivity index is 2.16. The molecule has 1 unspecified atom stereocenters. The van der Waals surface area contributed by atoms with Crippen molar-refractivity contribution in [1.82, 2.24) is 10.2 Å². The van der Waals surface area contributed by atoms with Crippen LogP contribution in [0, 0.1) is 10.1 Å². The highest BCUT2D eigenvalue weighted by Crippen LogP contribution is 2.24. The first-order valence-electron chi connectivity index (χ1n) is 8.31. The van der Waals surface area contributed by atoms with E-state index in [1.54, 1.807) is 0 Å². The van der Waals surface area contributed by atoms with Gasteiger partial charge in [0.1, 0.15) is 5.56 Å². The average Bonchev–Trinajstić information content (AvgIpc) is 2.61. The number of hydrogen-bond donors (Lipinski definition) is 1. The Morgan fingerprint density at radius 3 is 2.42 bits per heavy atom. The monoisotopic (exact) mass is 375 g/mol. The lowest BCUT2D eigenvalue weighted by Crippen LogP contribution is -2.34. The van der Waals surface area contributed by atoms with Crippen molar-refractivity contribution in [1.29, 1.82) is 0 Å². The molecule has 0 saturated carbocycles. The van der Waals surface area contributed by atoms with Crippen molar-refractivity contribution in [3.63, 3.8) is 0 Å². The van der Waals surface area contributed by atoms with Gasteiger partial charge in [-0.2, -0.15) is 0 Å². The lowest BCUT2D eigenvalue weighted by atomic mass is 10.0. The van der Waals surface area contributed by atoms with Gasteiger partial charge in [0.05, 0.1) is 11.0 Å². The number of halogens is 1. The van der Waals surface area contributed by atoms with E-state index in [1.165, 1.54) is 23.8 Å². The summed E-state index contributed by atoms with van der Waals surface area (Å²) >= 11 is 5.80. The number of nitrogens with one attached hydrogen (secondary N) is 1. The third kappa shape index (κ3) is 4.80. The molecule has 0 fully saturated rings. The molecule has 1 atom stereocenters. The fraction of sp³-hybridized carbons (Fsp3) is 0.316. The van der Waals surface area contributed by atoms with E-state index in [2.05, 4.69) is 24.4 Å². The van der Waals surface area contributed by atoms with Gasteiger partial charge in [0.15, 0.2) is 0 Å². The van der Waals surface area contributed by atoms with E-state index in [-0.39, 0.29) is 22.3 Å². The van der Waals surface area contributed by atoms with Crippen LogP contribution in [0.5, 0.6) is 0 Å². The molecule has 6 nitrogen and oxygen atoms in total. The standard InChI is InChI=1S/C19H22ClN3O3/c1-4-13-5-7-14(8-6-13)18(22(2)3)12-21-19(24)16-10-9-15(20)11-17(16)23(25)26/h5-11,18H,4,12H2,1-3H3,(H,21,24). The van der Waals surface area contributed by atoms with Gasteiger partial charge in [-0.3, -0.25) is 14.9 Å². The molecule has 138 valence electrons. The van der Waals surface area contributed by atoms with Gasteiger partial charge in [-0.15, -0.1) is 0 Å². The molecular formula is C19H22ClN3O3. The molecule has 1 amide bonds. The van der Waals surface area contributed by atoms with Crippen molar-refractivity contribution in [2.75, 3.05) is 20.6 Å². The molecule has 1 N–H and O–H groups in total. The summed E-state index contributed by atoms with van der Waals surface area (Å²) < 4.78 is 0. The highest BCUT2D eigenvalue weighted by atomic mass is 35.5. The number of nitro groups is 1. The van der Waals surface area contributed by atoms with Gasteiger partial charge in [-0.1, -0.05) is 42.8 Å². The van der Waals surface area contributed by atoms with Crippen LogP contribution in [0.15, 0.2) is 42.5 Å². The first-order valence-corrected chi connectivity index (χ1v) is 8.68. The zero-order valence-electron chi connectivity index (χ0n) is 15.0. The second-order valence-corrected chi connectivity index (χ2v) is 6.64. The van der Waals surface area contributed by atoms with Gasteiger partial charge in [0.2, 0.25) is 0 Å². The Kier molecular flexibility index (Phi) is 6.71. The summed E-state index contributed by atoms with van der Waals surface area (Å²) in [5.74, 6) is -0.495. The molecule has 0 bridgehead atoms. The fourth-order valence-corrected chi connectivity index (χ4v) is 2.87. The summed E-state index contributed by atoms with van der Waals surface area (Å²) in [6.45, 7) is 2.43. The van der Waals surface area contributed by atoms with Crippen LogP contribution >= 0.6 is 11.6 Å². The minimum absolute atomic E-state index is 0.00163. The zero-order chi connectivity index (χ0) is 19.3. The third-order valence-electron chi connectivity index (χ3n) is 4.25. The number of rotatable bonds is 7. The molecule has 0 aliphatic heterocycles. The van der Waals surface area contributed by atoms with Crippen LogP contribution in [0.25, 0.3) is 0 Å². The number of amides is 1. The van der Waals surface area contributed by atoms with Crippen LogP contribution in [0.3, 0.4) is 0 Å². The Morgan fingerprint density at radius 1 is 1.23 bits per heavy atom. The Hall–Kier alpha value is -2.44. The van der Waals surface area contributed by atoms with Gasteiger partial charge in [0, 0.05) is 17.6 Å². The largest absolute Gasteiger partial charge is 0.350 e. The van der Waals surface area contributed by atoms with Crippen molar-refractivity contribution in [3.8, 4) is 0 Å². The number of hydrogen-bond acceptors (Lipinski definition) is 4. The normalized spacial score (nSPS) is 12.0. The smallest absolute Gasteiger partial charge is 0.283 e. The quantitative estimate of drug-likeness (QED) is 0.589. The summed E-state index contributed by atoms with van der Waals surface area (Å²) in [7, 11) is 3.85. The summed E-state index contributed by atoms with van der Waals surface area (Å²) in [6, 6.07) is 12.2. The number of likely N-dealkylation sites (N-methyl/N-ethyl adjacent to an activating group) is 1. The summed E-state index contributed by atoms with van der Waals surface area (Å²) in [4.78, 5) is 25.0. The molecule has 7 heteroatoms. The van der Waals surface area contributed by atoms with E-state index in [0.29, 0.717) is 6.54 Å². The second-order valence-electron chi connectivity index (χ2n) is 6.20. The van der Waals surface area contributed by atoms with E-state index in [9.17, 15) is 14.9 Å². The van der Waals surface area contributed by atoms with Crippen LogP contribution in [0.2, 0.25) is 5.02 Å². The number of nitro benzene ring substituents is 1. The molecule has 0 aliphatic carbocycles. The molecule has 2 aromatic carbocycles. The SMILES string of the molecule is CCc1ccc(C(CNC(=O)c2ccc(Cl)cc2[N+](=O)[O-])N(C)C)cc1. The molecule has 0 saturated heterocycles. The van der Waals surface area contributed by atoms with E-state index in [0.717, 1.165) is 12.0 Å². The molecule has 26 heavy (non-hydrogen) atoms.